The van der Waals surface area contributed by atoms with Crippen LogP contribution in [-0.2, 0) is 19.5 Å². The number of hydrogen-bond acceptors (Lipinski definition) is 5. The van der Waals surface area contributed by atoms with Crippen molar-refractivity contribution in [3.63, 3.8) is 0 Å². The summed E-state index contributed by atoms with van der Waals surface area (Å²) in [5.74, 6) is 3.77. The first-order valence-electron chi connectivity index (χ1n) is 11.0. The SMILES string of the molecule is CN=C(NCc1nnc2n1CCCC2)NCC(c1cccc(OC)c1)N1CCCC1. The first kappa shape index (κ1) is 20.7. The van der Waals surface area contributed by atoms with Gasteiger partial charge in [-0.3, -0.25) is 9.89 Å². The summed E-state index contributed by atoms with van der Waals surface area (Å²) in [7, 11) is 3.53. The van der Waals surface area contributed by atoms with Crippen LogP contribution in [-0.4, -0.2) is 59.4 Å². The monoisotopic (exact) mass is 411 g/mol. The molecule has 8 nitrogen and oxygen atoms in total. The molecular weight excluding hydrogens is 378 g/mol. The summed E-state index contributed by atoms with van der Waals surface area (Å²) in [6.45, 7) is 4.67. The van der Waals surface area contributed by atoms with Crippen molar-refractivity contribution in [2.24, 2.45) is 4.99 Å². The standard InChI is InChI=1S/C22H33N7O/c1-23-22(25-16-21-27-26-20-10-3-4-13-29(20)21)24-15-19(28-11-5-6-12-28)17-8-7-9-18(14-17)30-2/h7-9,14,19H,3-6,10-13,15-16H2,1-2H3,(H2,23,24,25). The third kappa shape index (κ3) is 4.75. The van der Waals surface area contributed by atoms with Crippen LogP contribution in [0.25, 0.3) is 0 Å². The molecular formula is C22H33N7O. The van der Waals surface area contributed by atoms with Crippen LogP contribution in [0.1, 0.15) is 48.9 Å². The topological polar surface area (TPSA) is 79.6 Å². The fourth-order valence-electron chi connectivity index (χ4n) is 4.44. The summed E-state index contributed by atoms with van der Waals surface area (Å²) in [5.41, 5.74) is 1.27. The Kier molecular flexibility index (Phi) is 6.84. The molecule has 30 heavy (non-hydrogen) atoms. The summed E-state index contributed by atoms with van der Waals surface area (Å²) < 4.78 is 7.69. The van der Waals surface area contributed by atoms with Gasteiger partial charge in [-0.1, -0.05) is 12.1 Å². The number of hydrogen-bond donors (Lipinski definition) is 2. The molecule has 0 bridgehead atoms. The molecule has 1 atom stereocenters. The fraction of sp³-hybridized carbons (Fsp3) is 0.591. The second kappa shape index (κ2) is 9.93. The second-order valence-electron chi connectivity index (χ2n) is 7.98. The summed E-state index contributed by atoms with van der Waals surface area (Å²) in [6.07, 6.45) is 5.94. The molecule has 4 rings (SSSR count). The van der Waals surface area contributed by atoms with Gasteiger partial charge in [-0.2, -0.15) is 0 Å². The highest BCUT2D eigenvalue weighted by molar-refractivity contribution is 5.79. The van der Waals surface area contributed by atoms with Crippen molar-refractivity contribution in [1.29, 1.82) is 0 Å². The quantitative estimate of drug-likeness (QED) is 0.537. The van der Waals surface area contributed by atoms with E-state index < -0.39 is 0 Å². The van der Waals surface area contributed by atoms with Crippen LogP contribution in [0.4, 0.5) is 0 Å². The average molecular weight is 412 g/mol. The van der Waals surface area contributed by atoms with Crippen LogP contribution < -0.4 is 15.4 Å². The molecule has 2 N–H and O–H groups in total. The molecule has 3 heterocycles. The zero-order chi connectivity index (χ0) is 20.8. The van der Waals surface area contributed by atoms with E-state index in [4.69, 9.17) is 4.74 Å². The van der Waals surface area contributed by atoms with Gasteiger partial charge in [0.25, 0.3) is 0 Å². The smallest absolute Gasteiger partial charge is 0.191 e. The Balaban J connectivity index is 1.39. The normalized spacial score (nSPS) is 18.1. The van der Waals surface area contributed by atoms with Gasteiger partial charge in [0.2, 0.25) is 0 Å². The lowest BCUT2D eigenvalue weighted by Gasteiger charge is -2.29. The van der Waals surface area contributed by atoms with E-state index in [-0.39, 0.29) is 6.04 Å². The van der Waals surface area contributed by atoms with E-state index in [1.54, 1.807) is 7.11 Å². The first-order valence-corrected chi connectivity index (χ1v) is 11.0. The third-order valence-corrected chi connectivity index (χ3v) is 6.10. The number of fused-ring (bicyclic) bond motifs is 1. The van der Waals surface area contributed by atoms with Gasteiger partial charge < -0.3 is 19.9 Å². The predicted molar refractivity (Wildman–Crippen MR) is 118 cm³/mol. The van der Waals surface area contributed by atoms with Crippen LogP contribution in [0.3, 0.4) is 0 Å². The zero-order valence-corrected chi connectivity index (χ0v) is 18.1. The molecule has 0 amide bonds. The van der Waals surface area contributed by atoms with Gasteiger partial charge in [-0.15, -0.1) is 10.2 Å². The molecule has 0 saturated carbocycles. The maximum absolute atomic E-state index is 5.45. The molecule has 0 radical (unpaired) electrons. The van der Waals surface area contributed by atoms with Crippen molar-refractivity contribution >= 4 is 5.96 Å². The molecule has 2 aromatic rings. The Morgan fingerprint density at radius 1 is 1.13 bits per heavy atom. The Bertz CT molecular complexity index is 857. The highest BCUT2D eigenvalue weighted by atomic mass is 16.5. The molecule has 1 saturated heterocycles. The number of ether oxygens (including phenoxy) is 1. The molecule has 2 aliphatic rings. The number of aryl methyl sites for hydroxylation is 1. The maximum Gasteiger partial charge on any atom is 0.191 e. The van der Waals surface area contributed by atoms with Crippen molar-refractivity contribution in [1.82, 2.24) is 30.3 Å². The lowest BCUT2D eigenvalue weighted by atomic mass is 10.1. The molecule has 8 heteroatoms. The molecule has 1 fully saturated rings. The molecule has 1 aromatic carbocycles. The van der Waals surface area contributed by atoms with Crippen LogP contribution in [0.5, 0.6) is 5.75 Å². The minimum Gasteiger partial charge on any atom is -0.497 e. The van der Waals surface area contributed by atoms with Gasteiger partial charge in [-0.05, 0) is 56.5 Å². The molecule has 0 aliphatic carbocycles. The maximum atomic E-state index is 5.45. The van der Waals surface area contributed by atoms with Gasteiger partial charge >= 0.3 is 0 Å². The van der Waals surface area contributed by atoms with Gasteiger partial charge in [-0.25, -0.2) is 0 Å². The van der Waals surface area contributed by atoms with E-state index in [0.717, 1.165) is 56.0 Å². The van der Waals surface area contributed by atoms with Crippen LogP contribution in [0.15, 0.2) is 29.3 Å². The van der Waals surface area contributed by atoms with E-state index in [1.165, 1.54) is 31.2 Å². The zero-order valence-electron chi connectivity index (χ0n) is 18.1. The van der Waals surface area contributed by atoms with Gasteiger partial charge in [0.15, 0.2) is 11.8 Å². The van der Waals surface area contributed by atoms with Crippen molar-refractivity contribution in [3.8, 4) is 5.75 Å². The van der Waals surface area contributed by atoms with Crippen molar-refractivity contribution in [3.05, 3.63) is 41.5 Å². The number of methoxy groups -OCH3 is 1. The summed E-state index contributed by atoms with van der Waals surface area (Å²) in [6, 6.07) is 8.67. The van der Waals surface area contributed by atoms with Crippen molar-refractivity contribution in [2.75, 3.05) is 33.8 Å². The number of rotatable bonds is 7. The fourth-order valence-corrected chi connectivity index (χ4v) is 4.44. The van der Waals surface area contributed by atoms with E-state index in [0.29, 0.717) is 6.54 Å². The number of benzene rings is 1. The largest absolute Gasteiger partial charge is 0.497 e. The number of nitrogens with one attached hydrogen (secondary N) is 2. The molecule has 2 aliphatic heterocycles. The number of likely N-dealkylation sites (tertiary alicyclic amines) is 1. The molecule has 1 unspecified atom stereocenters. The highest BCUT2D eigenvalue weighted by Gasteiger charge is 2.24. The average Bonchev–Trinajstić information content (AvgIpc) is 3.47. The second-order valence-corrected chi connectivity index (χ2v) is 7.98. The summed E-state index contributed by atoms with van der Waals surface area (Å²) in [4.78, 5) is 6.96. The molecule has 162 valence electrons. The summed E-state index contributed by atoms with van der Waals surface area (Å²) >= 11 is 0. The number of aliphatic imine (C=N–C) groups is 1. The van der Waals surface area contributed by atoms with E-state index in [2.05, 4.69) is 53.5 Å². The lowest BCUT2D eigenvalue weighted by molar-refractivity contribution is 0.245. The van der Waals surface area contributed by atoms with Gasteiger partial charge in [0, 0.05) is 26.6 Å². The van der Waals surface area contributed by atoms with E-state index >= 15 is 0 Å². The first-order chi connectivity index (χ1) is 14.8. The van der Waals surface area contributed by atoms with Crippen LogP contribution in [0, 0.1) is 0 Å². The highest BCUT2D eigenvalue weighted by Crippen LogP contribution is 2.27. The van der Waals surface area contributed by atoms with Crippen molar-refractivity contribution in [2.45, 2.75) is 51.2 Å². The lowest BCUT2D eigenvalue weighted by Crippen LogP contribution is -2.42. The number of nitrogens with zero attached hydrogens (tertiary/aromatic N) is 5. The number of guanidine groups is 1. The number of aromatic nitrogens is 3. The van der Waals surface area contributed by atoms with Gasteiger partial charge in [0.05, 0.1) is 19.7 Å². The Morgan fingerprint density at radius 3 is 2.77 bits per heavy atom. The predicted octanol–water partition coefficient (Wildman–Crippen LogP) is 2.13. The third-order valence-electron chi connectivity index (χ3n) is 6.10. The summed E-state index contributed by atoms with van der Waals surface area (Å²) in [5, 5.41) is 15.6. The van der Waals surface area contributed by atoms with Crippen LogP contribution >= 0.6 is 0 Å². The Labute approximate surface area is 178 Å². The van der Waals surface area contributed by atoms with E-state index in [1.807, 2.05) is 13.1 Å². The Morgan fingerprint density at radius 2 is 1.97 bits per heavy atom. The molecule has 0 spiro atoms. The van der Waals surface area contributed by atoms with Crippen LogP contribution in [0.2, 0.25) is 0 Å². The Hall–Kier alpha value is -2.61. The minimum atomic E-state index is 0.280. The van der Waals surface area contributed by atoms with Crippen molar-refractivity contribution < 1.29 is 4.74 Å². The van der Waals surface area contributed by atoms with E-state index in [9.17, 15) is 0 Å². The molecule has 1 aromatic heterocycles. The minimum absolute atomic E-state index is 0.280. The van der Waals surface area contributed by atoms with Gasteiger partial charge in [0.1, 0.15) is 11.6 Å².